The fraction of sp³-hybridized carbons (Fsp3) is 0.250. The van der Waals surface area contributed by atoms with Crippen LogP contribution >= 0.6 is 0 Å². The van der Waals surface area contributed by atoms with Gasteiger partial charge in [0.2, 0.25) is 5.56 Å². The fourth-order valence-electron chi connectivity index (χ4n) is 2.56. The number of hydrogen-bond donors (Lipinski definition) is 1. The molecule has 4 heteroatoms. The van der Waals surface area contributed by atoms with Crippen LogP contribution < -0.4 is 5.56 Å². The van der Waals surface area contributed by atoms with E-state index in [0.29, 0.717) is 0 Å². The van der Waals surface area contributed by atoms with E-state index in [1.54, 1.807) is 6.07 Å². The molecule has 0 aliphatic rings. The number of nitrogens with zero attached hydrogens (tertiary/aromatic N) is 2. The van der Waals surface area contributed by atoms with Gasteiger partial charge in [0, 0.05) is 17.5 Å². The Hall–Kier alpha value is -2.36. The Kier molecular flexibility index (Phi) is 2.93. The first-order chi connectivity index (χ1) is 9.58. The average molecular weight is 267 g/mol. The zero-order chi connectivity index (χ0) is 14.3. The van der Waals surface area contributed by atoms with Gasteiger partial charge >= 0.3 is 0 Å². The number of aromatic amines is 1. The summed E-state index contributed by atoms with van der Waals surface area (Å²) in [6, 6.07) is 11.8. The first-order valence-electron chi connectivity index (χ1n) is 6.75. The molecule has 0 saturated heterocycles. The van der Waals surface area contributed by atoms with Gasteiger partial charge in [-0.1, -0.05) is 30.3 Å². The molecule has 0 fully saturated rings. The molecule has 102 valence electrons. The van der Waals surface area contributed by atoms with Crippen LogP contribution in [0.25, 0.3) is 22.2 Å². The van der Waals surface area contributed by atoms with Crippen molar-refractivity contribution in [3.63, 3.8) is 0 Å². The minimum Gasteiger partial charge on any atom is -0.307 e. The van der Waals surface area contributed by atoms with Gasteiger partial charge in [-0.3, -0.25) is 4.79 Å². The molecule has 0 unspecified atom stereocenters. The van der Waals surface area contributed by atoms with Crippen molar-refractivity contribution in [2.24, 2.45) is 0 Å². The van der Waals surface area contributed by atoms with Crippen molar-refractivity contribution in [2.75, 3.05) is 0 Å². The van der Waals surface area contributed by atoms with Gasteiger partial charge in [0.25, 0.3) is 0 Å². The molecular formula is C16H17N3O. The fourth-order valence-corrected chi connectivity index (χ4v) is 2.56. The number of aromatic nitrogens is 3. The van der Waals surface area contributed by atoms with E-state index in [-0.39, 0.29) is 11.6 Å². The molecule has 0 aliphatic heterocycles. The number of hydrogen-bond acceptors (Lipinski definition) is 2. The predicted molar refractivity (Wildman–Crippen MR) is 80.9 cm³/mol. The molecule has 2 heterocycles. The summed E-state index contributed by atoms with van der Waals surface area (Å²) in [7, 11) is 0. The summed E-state index contributed by atoms with van der Waals surface area (Å²) in [6.07, 6.45) is 0. The van der Waals surface area contributed by atoms with Gasteiger partial charge in [-0.25, -0.2) is 4.68 Å². The summed E-state index contributed by atoms with van der Waals surface area (Å²) in [6.45, 7) is 6.09. The third-order valence-electron chi connectivity index (χ3n) is 3.45. The maximum absolute atomic E-state index is 12.0. The molecule has 0 radical (unpaired) electrons. The maximum atomic E-state index is 12.0. The van der Waals surface area contributed by atoms with E-state index in [1.165, 1.54) is 0 Å². The summed E-state index contributed by atoms with van der Waals surface area (Å²) in [5.74, 6) is 0. The lowest BCUT2D eigenvalue weighted by atomic mass is 10.0. The van der Waals surface area contributed by atoms with E-state index in [1.807, 2.05) is 41.9 Å². The molecular weight excluding hydrogens is 250 g/mol. The Morgan fingerprint density at radius 1 is 1.20 bits per heavy atom. The number of H-pyrrole nitrogens is 1. The smallest absolute Gasteiger partial charge is 0.250 e. The zero-order valence-electron chi connectivity index (χ0n) is 11.8. The summed E-state index contributed by atoms with van der Waals surface area (Å²) < 4.78 is 1.87. The Morgan fingerprint density at radius 3 is 2.55 bits per heavy atom. The van der Waals surface area contributed by atoms with E-state index in [0.717, 1.165) is 27.9 Å². The van der Waals surface area contributed by atoms with Crippen LogP contribution in [-0.2, 0) is 0 Å². The van der Waals surface area contributed by atoms with Crippen molar-refractivity contribution in [3.05, 3.63) is 52.4 Å². The van der Waals surface area contributed by atoms with E-state index in [9.17, 15) is 4.79 Å². The van der Waals surface area contributed by atoms with Gasteiger partial charge in [-0.15, -0.1) is 0 Å². The van der Waals surface area contributed by atoms with Gasteiger partial charge in [-0.05, 0) is 31.9 Å². The lowest BCUT2D eigenvalue weighted by Crippen LogP contribution is -2.10. The molecule has 0 amide bonds. The molecule has 0 saturated carbocycles. The normalized spacial score (nSPS) is 11.4. The van der Waals surface area contributed by atoms with E-state index in [2.05, 4.69) is 23.9 Å². The Bertz CT molecular complexity index is 813. The lowest BCUT2D eigenvalue weighted by molar-refractivity contribution is 0.542. The van der Waals surface area contributed by atoms with Crippen LogP contribution in [0.1, 0.15) is 25.6 Å². The highest BCUT2D eigenvalue weighted by atomic mass is 16.1. The summed E-state index contributed by atoms with van der Waals surface area (Å²) >= 11 is 0. The molecule has 1 N–H and O–H groups in total. The SMILES string of the molecule is Cc1nn(C(C)C)c2[nH]c(=O)cc(-c3ccccc3)c12. The predicted octanol–water partition coefficient (Wildman–Crippen LogP) is 3.28. The molecule has 1 aromatic carbocycles. The van der Waals surface area contributed by atoms with Crippen molar-refractivity contribution < 1.29 is 0 Å². The molecule has 0 bridgehead atoms. The van der Waals surface area contributed by atoms with Crippen LogP contribution in [0.3, 0.4) is 0 Å². The van der Waals surface area contributed by atoms with Gasteiger partial charge < -0.3 is 4.98 Å². The van der Waals surface area contributed by atoms with Crippen LogP contribution in [0.2, 0.25) is 0 Å². The number of rotatable bonds is 2. The Balaban J connectivity index is 2.42. The van der Waals surface area contributed by atoms with Crippen molar-refractivity contribution in [2.45, 2.75) is 26.8 Å². The van der Waals surface area contributed by atoms with Crippen molar-refractivity contribution in [1.82, 2.24) is 14.8 Å². The Labute approximate surface area is 117 Å². The molecule has 3 aromatic rings. The summed E-state index contributed by atoms with van der Waals surface area (Å²) in [5, 5.41) is 5.58. The zero-order valence-corrected chi connectivity index (χ0v) is 11.8. The highest BCUT2D eigenvalue weighted by molar-refractivity contribution is 5.94. The molecule has 20 heavy (non-hydrogen) atoms. The maximum Gasteiger partial charge on any atom is 0.250 e. The second kappa shape index (κ2) is 4.63. The van der Waals surface area contributed by atoms with Crippen LogP contribution in [0.4, 0.5) is 0 Å². The average Bonchev–Trinajstić information content (AvgIpc) is 2.76. The lowest BCUT2D eigenvalue weighted by Gasteiger charge is -2.08. The number of fused-ring (bicyclic) bond motifs is 1. The number of aryl methyl sites for hydroxylation is 1. The monoisotopic (exact) mass is 267 g/mol. The first-order valence-corrected chi connectivity index (χ1v) is 6.75. The molecule has 0 spiro atoms. The minimum absolute atomic E-state index is 0.0989. The summed E-state index contributed by atoms with van der Waals surface area (Å²) in [4.78, 5) is 14.9. The van der Waals surface area contributed by atoms with Crippen LogP contribution in [0.5, 0.6) is 0 Å². The van der Waals surface area contributed by atoms with Crippen molar-refractivity contribution >= 4 is 11.0 Å². The molecule has 0 aliphatic carbocycles. The second-order valence-corrected chi connectivity index (χ2v) is 5.26. The quantitative estimate of drug-likeness (QED) is 0.774. The molecule has 2 aromatic heterocycles. The topological polar surface area (TPSA) is 50.7 Å². The van der Waals surface area contributed by atoms with Gasteiger partial charge in [0.15, 0.2) is 0 Å². The van der Waals surface area contributed by atoms with Crippen molar-refractivity contribution in [1.29, 1.82) is 0 Å². The molecule has 4 nitrogen and oxygen atoms in total. The van der Waals surface area contributed by atoms with Gasteiger partial charge in [0.05, 0.1) is 5.69 Å². The minimum atomic E-state index is -0.0989. The first kappa shape index (κ1) is 12.7. The van der Waals surface area contributed by atoms with Gasteiger partial charge in [-0.2, -0.15) is 5.10 Å². The molecule has 0 atom stereocenters. The van der Waals surface area contributed by atoms with Crippen LogP contribution in [0.15, 0.2) is 41.2 Å². The molecule has 3 rings (SSSR count). The second-order valence-electron chi connectivity index (χ2n) is 5.26. The highest BCUT2D eigenvalue weighted by Crippen LogP contribution is 2.29. The third kappa shape index (κ3) is 1.93. The van der Waals surface area contributed by atoms with Crippen LogP contribution in [0, 0.1) is 6.92 Å². The van der Waals surface area contributed by atoms with E-state index >= 15 is 0 Å². The number of nitrogens with one attached hydrogen (secondary N) is 1. The highest BCUT2D eigenvalue weighted by Gasteiger charge is 2.15. The van der Waals surface area contributed by atoms with Gasteiger partial charge in [0.1, 0.15) is 5.65 Å². The summed E-state index contributed by atoms with van der Waals surface area (Å²) in [5.41, 5.74) is 3.61. The van der Waals surface area contributed by atoms with E-state index in [4.69, 9.17) is 0 Å². The van der Waals surface area contributed by atoms with Crippen molar-refractivity contribution in [3.8, 4) is 11.1 Å². The third-order valence-corrected chi connectivity index (χ3v) is 3.45. The largest absolute Gasteiger partial charge is 0.307 e. The standard InChI is InChI=1S/C16H17N3O/c1-10(2)19-16-15(11(3)18-19)13(9-14(20)17-16)12-7-5-4-6-8-12/h4-10H,1-3H3,(H,17,20). The Morgan fingerprint density at radius 2 is 1.90 bits per heavy atom. The number of pyridine rings is 1. The van der Waals surface area contributed by atoms with E-state index < -0.39 is 0 Å². The number of benzene rings is 1. The van der Waals surface area contributed by atoms with Crippen LogP contribution in [-0.4, -0.2) is 14.8 Å².